The second kappa shape index (κ2) is 3.65. The summed E-state index contributed by atoms with van der Waals surface area (Å²) in [5.74, 6) is 0.231. The molecule has 9 heavy (non-hydrogen) atoms. The molecule has 4 heteroatoms. The average molecular weight is 127 g/mol. The third-order valence-corrected chi connectivity index (χ3v) is 0.503. The molecule has 3 N–H and O–H groups in total. The normalized spacial score (nSPS) is 10.6. The minimum Gasteiger partial charge on any atom is -0.387 e. The van der Waals surface area contributed by atoms with E-state index >= 15 is 0 Å². The van der Waals surface area contributed by atoms with Crippen molar-refractivity contribution >= 4 is 11.9 Å². The van der Waals surface area contributed by atoms with Gasteiger partial charge in [-0.1, -0.05) is 6.58 Å². The highest BCUT2D eigenvalue weighted by molar-refractivity contribution is 5.91. The van der Waals surface area contributed by atoms with Gasteiger partial charge in [-0.15, -0.1) is 0 Å². The lowest BCUT2D eigenvalue weighted by Gasteiger charge is -1.90. The molecule has 0 aliphatic rings. The first-order valence-corrected chi connectivity index (χ1v) is 2.39. The summed E-state index contributed by atoms with van der Waals surface area (Å²) in [4.78, 5) is 13.7. The highest BCUT2D eigenvalue weighted by atomic mass is 16.2. The van der Waals surface area contributed by atoms with Crippen LogP contribution < -0.4 is 11.1 Å². The molecular weight excluding hydrogens is 118 g/mol. The van der Waals surface area contributed by atoms with Crippen molar-refractivity contribution in [2.45, 2.75) is 6.92 Å². The number of rotatable bonds is 1. The molecule has 4 nitrogen and oxygen atoms in total. The monoisotopic (exact) mass is 127 g/mol. The lowest BCUT2D eigenvalue weighted by atomic mass is 10.7. The number of carbonyl (C=O) groups is 1. The van der Waals surface area contributed by atoms with Gasteiger partial charge in [-0.05, 0) is 13.1 Å². The fraction of sp³-hybridized carbons (Fsp3) is 0.200. The van der Waals surface area contributed by atoms with Crippen LogP contribution in [0, 0.1) is 0 Å². The van der Waals surface area contributed by atoms with Gasteiger partial charge >= 0.3 is 6.03 Å². The van der Waals surface area contributed by atoms with Crippen molar-refractivity contribution < 1.29 is 4.79 Å². The van der Waals surface area contributed by atoms with E-state index in [4.69, 9.17) is 5.73 Å². The summed E-state index contributed by atoms with van der Waals surface area (Å²) in [5.41, 5.74) is 5.08. The lowest BCUT2D eigenvalue weighted by molar-refractivity contribution is 0.252. The van der Waals surface area contributed by atoms with Gasteiger partial charge in [0.2, 0.25) is 0 Å². The second-order valence-electron chi connectivity index (χ2n) is 1.41. The topological polar surface area (TPSA) is 67.5 Å². The van der Waals surface area contributed by atoms with Crippen molar-refractivity contribution in [2.24, 2.45) is 10.7 Å². The van der Waals surface area contributed by atoms with Crippen molar-refractivity contribution in [3.63, 3.8) is 0 Å². The van der Waals surface area contributed by atoms with Crippen LogP contribution in [0.1, 0.15) is 6.92 Å². The Bertz CT molecular complexity index is 146. The van der Waals surface area contributed by atoms with E-state index in [2.05, 4.69) is 16.9 Å². The van der Waals surface area contributed by atoms with Crippen LogP contribution in [0.2, 0.25) is 0 Å². The number of nitrogens with two attached hydrogens (primary N) is 1. The van der Waals surface area contributed by atoms with Crippen LogP contribution in [-0.4, -0.2) is 11.9 Å². The molecule has 0 aliphatic carbocycles. The zero-order valence-electron chi connectivity index (χ0n) is 5.22. The number of nitrogens with zero attached hydrogens (tertiary/aromatic N) is 1. The summed E-state index contributed by atoms with van der Waals surface area (Å²) in [6, 6.07) is -0.495. The number of hydrogen-bond acceptors (Lipinski definition) is 1. The highest BCUT2D eigenvalue weighted by Gasteiger charge is 1.89. The molecule has 0 rings (SSSR count). The first-order valence-electron chi connectivity index (χ1n) is 2.39. The molecular formula is C5H9N3O. The Hall–Kier alpha value is -1.32. The van der Waals surface area contributed by atoms with Crippen LogP contribution in [0.5, 0.6) is 0 Å². The molecule has 0 saturated heterocycles. The number of hydrogen-bond donors (Lipinski definition) is 2. The van der Waals surface area contributed by atoms with Crippen LogP contribution in [0.25, 0.3) is 0 Å². The summed E-state index contributed by atoms with van der Waals surface area (Å²) >= 11 is 0. The van der Waals surface area contributed by atoms with Crippen LogP contribution in [0.4, 0.5) is 4.79 Å². The van der Waals surface area contributed by atoms with E-state index in [0.717, 1.165) is 0 Å². The van der Waals surface area contributed by atoms with Crippen molar-refractivity contribution in [3.8, 4) is 0 Å². The SMILES string of the molecule is C=CNC(=O)/N=C(/C)N. The third kappa shape index (κ3) is 4.53. The minimum atomic E-state index is -0.495. The van der Waals surface area contributed by atoms with Gasteiger partial charge in [0.15, 0.2) is 0 Å². The summed E-state index contributed by atoms with van der Waals surface area (Å²) < 4.78 is 0. The molecule has 50 valence electrons. The summed E-state index contributed by atoms with van der Waals surface area (Å²) in [7, 11) is 0. The number of amidine groups is 1. The quantitative estimate of drug-likeness (QED) is 0.390. The molecule has 0 saturated carbocycles. The summed E-state index contributed by atoms with van der Waals surface area (Å²) in [6.07, 6.45) is 1.24. The van der Waals surface area contributed by atoms with E-state index in [1.165, 1.54) is 13.1 Å². The Morgan fingerprint density at radius 3 is 2.78 bits per heavy atom. The third-order valence-electron chi connectivity index (χ3n) is 0.503. The van der Waals surface area contributed by atoms with Gasteiger partial charge in [0, 0.05) is 0 Å². The number of aliphatic imine (C=N–C) groups is 1. The number of amides is 2. The van der Waals surface area contributed by atoms with Gasteiger partial charge in [-0.3, -0.25) is 0 Å². The van der Waals surface area contributed by atoms with Crippen molar-refractivity contribution in [1.29, 1.82) is 0 Å². The van der Waals surface area contributed by atoms with Crippen LogP contribution in [-0.2, 0) is 0 Å². The Morgan fingerprint density at radius 2 is 2.44 bits per heavy atom. The maximum absolute atomic E-state index is 10.4. The fourth-order valence-corrected chi connectivity index (χ4v) is 0.280. The van der Waals surface area contributed by atoms with Gasteiger partial charge in [-0.2, -0.15) is 4.99 Å². The fourth-order valence-electron chi connectivity index (χ4n) is 0.280. The molecule has 2 amide bonds. The van der Waals surface area contributed by atoms with E-state index in [9.17, 15) is 4.79 Å². The zero-order valence-corrected chi connectivity index (χ0v) is 5.22. The molecule has 0 unspecified atom stereocenters. The molecule has 0 fully saturated rings. The molecule has 0 atom stereocenters. The Kier molecular flexibility index (Phi) is 3.12. The number of urea groups is 1. The zero-order chi connectivity index (χ0) is 7.28. The van der Waals surface area contributed by atoms with Crippen molar-refractivity contribution in [2.75, 3.05) is 0 Å². The van der Waals surface area contributed by atoms with E-state index in [1.807, 2.05) is 0 Å². The molecule has 0 spiro atoms. The Morgan fingerprint density at radius 1 is 1.89 bits per heavy atom. The van der Waals surface area contributed by atoms with E-state index < -0.39 is 6.03 Å². The highest BCUT2D eigenvalue weighted by Crippen LogP contribution is 1.72. The maximum Gasteiger partial charge on any atom is 0.346 e. The minimum absolute atomic E-state index is 0.231. The van der Waals surface area contributed by atoms with Crippen LogP contribution in [0.15, 0.2) is 17.8 Å². The molecule has 0 aromatic heterocycles. The molecule has 0 bridgehead atoms. The molecule has 0 heterocycles. The van der Waals surface area contributed by atoms with Gasteiger partial charge < -0.3 is 11.1 Å². The van der Waals surface area contributed by atoms with Crippen LogP contribution >= 0.6 is 0 Å². The van der Waals surface area contributed by atoms with Gasteiger partial charge in [0.1, 0.15) is 5.84 Å². The number of carbonyl (C=O) groups excluding carboxylic acids is 1. The predicted molar refractivity (Wildman–Crippen MR) is 36.0 cm³/mol. The Balaban J connectivity index is 3.76. The average Bonchev–Trinajstić information content (AvgIpc) is 1.63. The van der Waals surface area contributed by atoms with E-state index in [1.54, 1.807) is 0 Å². The predicted octanol–water partition coefficient (Wildman–Crippen LogP) is 0.217. The molecule has 0 radical (unpaired) electrons. The van der Waals surface area contributed by atoms with Gasteiger partial charge in [0.05, 0.1) is 0 Å². The first-order chi connectivity index (χ1) is 4.16. The second-order valence-corrected chi connectivity index (χ2v) is 1.41. The Labute approximate surface area is 53.5 Å². The lowest BCUT2D eigenvalue weighted by Crippen LogP contribution is -2.16. The van der Waals surface area contributed by atoms with Crippen molar-refractivity contribution in [3.05, 3.63) is 12.8 Å². The van der Waals surface area contributed by atoms with Crippen molar-refractivity contribution in [1.82, 2.24) is 5.32 Å². The van der Waals surface area contributed by atoms with Gasteiger partial charge in [0.25, 0.3) is 0 Å². The number of nitrogens with one attached hydrogen (secondary N) is 1. The maximum atomic E-state index is 10.4. The van der Waals surface area contributed by atoms with Gasteiger partial charge in [-0.25, -0.2) is 4.79 Å². The molecule has 0 aliphatic heterocycles. The van der Waals surface area contributed by atoms with E-state index in [0.29, 0.717) is 0 Å². The van der Waals surface area contributed by atoms with Crippen LogP contribution in [0.3, 0.4) is 0 Å². The smallest absolute Gasteiger partial charge is 0.346 e. The summed E-state index contributed by atoms with van der Waals surface area (Å²) in [6.45, 7) is 4.80. The van der Waals surface area contributed by atoms with E-state index in [-0.39, 0.29) is 5.84 Å². The summed E-state index contributed by atoms with van der Waals surface area (Å²) in [5, 5.41) is 2.23. The standard InChI is InChI=1S/C5H9N3O/c1-3-7-5(9)8-4(2)6/h3H,1H2,2H3,(H3,6,7,8,9). The molecule has 0 aromatic carbocycles. The first kappa shape index (κ1) is 7.68. The largest absolute Gasteiger partial charge is 0.387 e. The molecule has 0 aromatic rings.